The zero-order valence-electron chi connectivity index (χ0n) is 32.6. The molecule has 4 amide bonds. The molecule has 300 valence electrons. The molecular formula is C41H58ClN7O6. The number of hydrogen-bond acceptors (Lipinski definition) is 9. The fourth-order valence-electron chi connectivity index (χ4n) is 8.58. The smallest absolute Gasteiger partial charge is 0.410 e. The number of aryl methyl sites for hydroxylation is 1. The van der Waals surface area contributed by atoms with Crippen LogP contribution in [-0.4, -0.2) is 140 Å². The molecule has 6 rings (SSSR count). The number of halogens is 1. The summed E-state index contributed by atoms with van der Waals surface area (Å²) in [6.07, 6.45) is 4.48. The normalized spacial score (nSPS) is 19.8. The molecule has 4 aliphatic rings. The first-order valence-corrected chi connectivity index (χ1v) is 20.3. The number of urea groups is 1. The fourth-order valence-corrected chi connectivity index (χ4v) is 8.87. The number of ether oxygens (including phenoxy) is 2. The first-order chi connectivity index (χ1) is 26.4. The quantitative estimate of drug-likeness (QED) is 0.241. The molecule has 55 heavy (non-hydrogen) atoms. The van der Waals surface area contributed by atoms with Gasteiger partial charge in [-0.15, -0.1) is 0 Å². The Labute approximate surface area is 330 Å². The van der Waals surface area contributed by atoms with Gasteiger partial charge in [-0.3, -0.25) is 14.5 Å². The van der Waals surface area contributed by atoms with Gasteiger partial charge in [-0.05, 0) is 120 Å². The summed E-state index contributed by atoms with van der Waals surface area (Å²) < 4.78 is 11.5. The number of likely N-dealkylation sites (tertiary alicyclic amines) is 3. The molecular weight excluding hydrogens is 722 g/mol. The fraction of sp³-hybridized carbons (Fsp3) is 0.610. The van der Waals surface area contributed by atoms with Crippen LogP contribution in [0.3, 0.4) is 0 Å². The van der Waals surface area contributed by atoms with Crippen molar-refractivity contribution >= 4 is 47.0 Å². The van der Waals surface area contributed by atoms with Crippen LogP contribution in [0.2, 0.25) is 5.02 Å². The zero-order chi connectivity index (χ0) is 39.1. The van der Waals surface area contributed by atoms with Crippen LogP contribution in [0.1, 0.15) is 55.2 Å². The number of para-hydroxylation sites is 1. The number of esters is 1. The van der Waals surface area contributed by atoms with Crippen molar-refractivity contribution in [3.05, 3.63) is 58.1 Å². The van der Waals surface area contributed by atoms with Gasteiger partial charge in [0.1, 0.15) is 6.61 Å². The number of amides is 4. The van der Waals surface area contributed by atoms with Crippen LogP contribution in [0, 0.1) is 18.8 Å². The number of hydrogen-bond donors (Lipinski definition) is 2. The first-order valence-electron chi connectivity index (χ1n) is 19.9. The number of rotatable bonds is 11. The highest BCUT2D eigenvalue weighted by Gasteiger charge is 2.37. The predicted octanol–water partition coefficient (Wildman–Crippen LogP) is 4.89. The molecule has 0 spiro atoms. The Balaban J connectivity index is 1.02. The van der Waals surface area contributed by atoms with E-state index >= 15 is 0 Å². The third kappa shape index (κ3) is 10.6. The molecule has 0 bridgehead atoms. The SMILES string of the molecule is Cc1cc(C[C@@H](OC(=O)N2CCC(N3CCc4ccccc4NC3=O)CC2)C(=O)N2CCC(C3CCN(CC(=O)OCCN(C)C)CC3)CC2)cc(Cl)c1N. The number of nitrogens with one attached hydrogen (secondary N) is 1. The van der Waals surface area contributed by atoms with E-state index in [9.17, 15) is 19.2 Å². The molecule has 2 aromatic carbocycles. The lowest BCUT2D eigenvalue weighted by molar-refractivity contribution is -0.145. The van der Waals surface area contributed by atoms with E-state index in [2.05, 4.69) is 10.2 Å². The minimum absolute atomic E-state index is 0.00111. The Morgan fingerprint density at radius 3 is 2.25 bits per heavy atom. The second-order valence-electron chi connectivity index (χ2n) is 15.9. The van der Waals surface area contributed by atoms with Gasteiger partial charge in [0.2, 0.25) is 0 Å². The molecule has 3 N–H and O–H groups in total. The Kier molecular flexibility index (Phi) is 13.8. The van der Waals surface area contributed by atoms with E-state index in [0.29, 0.717) is 87.8 Å². The minimum atomic E-state index is -1.02. The summed E-state index contributed by atoms with van der Waals surface area (Å²) in [4.78, 5) is 62.9. The molecule has 13 nitrogen and oxygen atoms in total. The number of carbonyl (C=O) groups is 4. The van der Waals surface area contributed by atoms with E-state index in [0.717, 1.165) is 67.6 Å². The van der Waals surface area contributed by atoms with Crippen LogP contribution in [0.5, 0.6) is 0 Å². The molecule has 14 heteroatoms. The van der Waals surface area contributed by atoms with E-state index in [1.54, 1.807) is 11.0 Å². The van der Waals surface area contributed by atoms with Crippen molar-refractivity contribution in [3.63, 3.8) is 0 Å². The highest BCUT2D eigenvalue weighted by atomic mass is 35.5. The highest BCUT2D eigenvalue weighted by Crippen LogP contribution is 2.33. The van der Waals surface area contributed by atoms with Crippen molar-refractivity contribution in [1.82, 2.24) is 24.5 Å². The summed E-state index contributed by atoms with van der Waals surface area (Å²) in [5.74, 6) is 0.678. The van der Waals surface area contributed by atoms with Crippen LogP contribution in [-0.2, 0) is 31.9 Å². The van der Waals surface area contributed by atoms with Gasteiger partial charge in [0.05, 0.1) is 17.3 Å². The first kappa shape index (κ1) is 40.6. The number of nitrogen functional groups attached to an aromatic ring is 1. The Morgan fingerprint density at radius 1 is 0.927 bits per heavy atom. The van der Waals surface area contributed by atoms with Crippen molar-refractivity contribution < 1.29 is 28.7 Å². The molecule has 3 saturated heterocycles. The summed E-state index contributed by atoms with van der Waals surface area (Å²) in [6.45, 7) is 7.72. The molecule has 0 aliphatic carbocycles. The van der Waals surface area contributed by atoms with Gasteiger partial charge in [-0.25, -0.2) is 9.59 Å². The largest absolute Gasteiger partial charge is 0.463 e. The number of benzene rings is 2. The maximum absolute atomic E-state index is 14.2. The summed E-state index contributed by atoms with van der Waals surface area (Å²) in [5.41, 5.74) is 10.1. The van der Waals surface area contributed by atoms with Crippen LogP contribution in [0.25, 0.3) is 0 Å². The molecule has 1 atom stereocenters. The standard InChI is InChI=1S/C41H58ClN7O6/c1-28-24-29(25-34(42)38(28)43)26-36(55-41(53)48-19-13-33(14-20-48)49-21-12-32-6-4-5-7-35(32)44-40(49)52)39(51)47-17-10-31(11-18-47)30-8-15-46(16-9-30)27-37(50)54-23-22-45(2)3/h4-7,24-25,30-31,33,36H,8-23,26-27,43H2,1-3H3,(H,44,52)/t36-/m1/s1. The van der Waals surface area contributed by atoms with Crippen molar-refractivity contribution in [3.8, 4) is 0 Å². The van der Waals surface area contributed by atoms with Crippen LogP contribution in [0.4, 0.5) is 21.0 Å². The number of anilines is 2. The third-order valence-electron chi connectivity index (χ3n) is 11.9. The second kappa shape index (κ2) is 18.7. The average Bonchev–Trinajstić information content (AvgIpc) is 3.34. The van der Waals surface area contributed by atoms with Crippen molar-refractivity contribution in [2.75, 3.05) is 90.7 Å². The summed E-state index contributed by atoms with van der Waals surface area (Å²) >= 11 is 6.44. The number of nitrogens with zero attached hydrogens (tertiary/aromatic N) is 5. The van der Waals surface area contributed by atoms with Gasteiger partial charge in [0.25, 0.3) is 5.91 Å². The topological polar surface area (TPSA) is 141 Å². The van der Waals surface area contributed by atoms with E-state index < -0.39 is 12.2 Å². The summed E-state index contributed by atoms with van der Waals surface area (Å²) in [6, 6.07) is 11.4. The summed E-state index contributed by atoms with van der Waals surface area (Å²) in [5, 5.41) is 3.45. The number of carbonyl (C=O) groups excluding carboxylic acids is 4. The van der Waals surface area contributed by atoms with Crippen LogP contribution < -0.4 is 11.1 Å². The Morgan fingerprint density at radius 2 is 1.58 bits per heavy atom. The van der Waals surface area contributed by atoms with E-state index in [-0.39, 0.29) is 30.4 Å². The lowest BCUT2D eigenvalue weighted by atomic mass is 9.78. The molecule has 4 aliphatic heterocycles. The lowest BCUT2D eigenvalue weighted by Crippen LogP contribution is -2.52. The van der Waals surface area contributed by atoms with Crippen molar-refractivity contribution in [1.29, 1.82) is 0 Å². The third-order valence-corrected chi connectivity index (χ3v) is 12.3. The van der Waals surface area contributed by atoms with E-state index in [4.69, 9.17) is 26.8 Å². The van der Waals surface area contributed by atoms with Crippen LogP contribution in [0.15, 0.2) is 36.4 Å². The maximum atomic E-state index is 14.2. The molecule has 0 unspecified atom stereocenters. The Hall–Kier alpha value is -4.07. The van der Waals surface area contributed by atoms with Crippen LogP contribution >= 0.6 is 11.6 Å². The number of nitrogens with two attached hydrogens (primary N) is 1. The van der Waals surface area contributed by atoms with Gasteiger partial charge in [-0.1, -0.05) is 35.9 Å². The molecule has 0 radical (unpaired) electrons. The predicted molar refractivity (Wildman–Crippen MR) is 213 cm³/mol. The number of fused-ring (bicyclic) bond motifs is 1. The van der Waals surface area contributed by atoms with Crippen molar-refractivity contribution in [2.24, 2.45) is 11.8 Å². The van der Waals surface area contributed by atoms with E-state index in [1.165, 1.54) is 0 Å². The summed E-state index contributed by atoms with van der Waals surface area (Å²) in [7, 11) is 3.91. The average molecular weight is 780 g/mol. The number of piperidine rings is 3. The highest BCUT2D eigenvalue weighted by molar-refractivity contribution is 6.33. The molecule has 0 saturated carbocycles. The number of likely N-dealkylation sites (N-methyl/N-ethyl adjacent to an activating group) is 1. The molecule has 3 fully saturated rings. The molecule has 2 aromatic rings. The maximum Gasteiger partial charge on any atom is 0.410 e. The second-order valence-corrected chi connectivity index (χ2v) is 16.3. The van der Waals surface area contributed by atoms with Gasteiger partial charge in [-0.2, -0.15) is 0 Å². The van der Waals surface area contributed by atoms with Gasteiger partial charge < -0.3 is 40.1 Å². The van der Waals surface area contributed by atoms with Gasteiger partial charge >= 0.3 is 18.1 Å². The lowest BCUT2D eigenvalue weighted by Gasteiger charge is -2.41. The zero-order valence-corrected chi connectivity index (χ0v) is 33.4. The van der Waals surface area contributed by atoms with Gasteiger partial charge in [0.15, 0.2) is 6.10 Å². The van der Waals surface area contributed by atoms with Gasteiger partial charge in [0, 0.05) is 57.4 Å². The molecule has 4 heterocycles. The Bertz CT molecular complexity index is 1640. The molecule has 0 aromatic heterocycles. The monoisotopic (exact) mass is 779 g/mol. The van der Waals surface area contributed by atoms with E-state index in [1.807, 2.05) is 66.1 Å². The minimum Gasteiger partial charge on any atom is -0.463 e. The van der Waals surface area contributed by atoms with Crippen molar-refractivity contribution in [2.45, 2.75) is 70.4 Å².